The molecule has 0 bridgehead atoms. The van der Waals surface area contributed by atoms with Crippen LogP contribution in [0.25, 0.3) is 0 Å². The number of carboxylic acid groups (broad SMARTS) is 1. The SMILES string of the molecule is CC(CNC(=O)C1CCCC1(C)C)CC(=O)O. The van der Waals surface area contributed by atoms with Crippen LogP contribution in [0.1, 0.15) is 46.5 Å². The highest BCUT2D eigenvalue weighted by Crippen LogP contribution is 2.42. The Morgan fingerprint density at radius 2 is 2.12 bits per heavy atom. The Morgan fingerprint density at radius 3 is 2.59 bits per heavy atom. The Morgan fingerprint density at radius 1 is 1.47 bits per heavy atom. The highest BCUT2D eigenvalue weighted by atomic mass is 16.4. The minimum Gasteiger partial charge on any atom is -0.481 e. The molecule has 0 spiro atoms. The molecule has 0 aliphatic heterocycles. The molecule has 2 N–H and O–H groups in total. The lowest BCUT2D eigenvalue weighted by Gasteiger charge is -2.26. The van der Waals surface area contributed by atoms with Gasteiger partial charge in [0.15, 0.2) is 0 Å². The van der Waals surface area contributed by atoms with Crippen LogP contribution < -0.4 is 5.32 Å². The maximum absolute atomic E-state index is 12.0. The average molecular weight is 241 g/mol. The van der Waals surface area contributed by atoms with Crippen LogP contribution in [0.2, 0.25) is 0 Å². The zero-order valence-electron chi connectivity index (χ0n) is 11.0. The standard InChI is InChI=1S/C13H23NO3/c1-9(7-11(15)16)8-14-12(17)10-5-4-6-13(10,2)3/h9-10H,4-8H2,1-3H3,(H,14,17)(H,15,16). The summed E-state index contributed by atoms with van der Waals surface area (Å²) in [4.78, 5) is 22.5. The predicted molar refractivity (Wildman–Crippen MR) is 65.5 cm³/mol. The summed E-state index contributed by atoms with van der Waals surface area (Å²) in [5.41, 5.74) is 0.0835. The normalized spacial score (nSPS) is 24.3. The minimum atomic E-state index is -0.812. The summed E-state index contributed by atoms with van der Waals surface area (Å²) in [6, 6.07) is 0. The molecule has 0 radical (unpaired) electrons. The third-order valence-electron chi connectivity index (χ3n) is 3.72. The molecule has 1 rings (SSSR count). The van der Waals surface area contributed by atoms with Crippen LogP contribution in [0.15, 0.2) is 0 Å². The quantitative estimate of drug-likeness (QED) is 0.774. The van der Waals surface area contributed by atoms with E-state index in [9.17, 15) is 9.59 Å². The number of carboxylic acids is 1. The number of aliphatic carboxylic acids is 1. The number of amides is 1. The van der Waals surface area contributed by atoms with E-state index >= 15 is 0 Å². The van der Waals surface area contributed by atoms with Gasteiger partial charge in [0.05, 0.1) is 0 Å². The molecule has 1 aliphatic rings. The van der Waals surface area contributed by atoms with Gasteiger partial charge in [-0.25, -0.2) is 0 Å². The average Bonchev–Trinajstić information content (AvgIpc) is 2.53. The smallest absolute Gasteiger partial charge is 0.303 e. The van der Waals surface area contributed by atoms with Gasteiger partial charge in [0.1, 0.15) is 0 Å². The summed E-state index contributed by atoms with van der Waals surface area (Å²) in [6.45, 7) is 6.56. The molecule has 1 saturated carbocycles. The molecule has 2 atom stereocenters. The van der Waals surface area contributed by atoms with Gasteiger partial charge in [-0.15, -0.1) is 0 Å². The molecular weight excluding hydrogens is 218 g/mol. The van der Waals surface area contributed by atoms with Crippen LogP contribution in [0, 0.1) is 17.3 Å². The molecule has 4 nitrogen and oxygen atoms in total. The molecule has 0 aromatic heterocycles. The summed E-state index contributed by atoms with van der Waals surface area (Å²) in [7, 11) is 0. The first-order valence-corrected chi connectivity index (χ1v) is 6.32. The van der Waals surface area contributed by atoms with Gasteiger partial charge in [0.2, 0.25) is 5.91 Å². The zero-order chi connectivity index (χ0) is 13.1. The van der Waals surface area contributed by atoms with E-state index in [1.807, 2.05) is 6.92 Å². The second kappa shape index (κ2) is 5.52. The van der Waals surface area contributed by atoms with Crippen LogP contribution in [0.5, 0.6) is 0 Å². The summed E-state index contributed by atoms with van der Waals surface area (Å²) < 4.78 is 0. The molecule has 0 aromatic rings. The Kier molecular flexibility index (Phi) is 4.54. The highest BCUT2D eigenvalue weighted by molar-refractivity contribution is 5.79. The summed E-state index contributed by atoms with van der Waals surface area (Å²) >= 11 is 0. The van der Waals surface area contributed by atoms with Crippen molar-refractivity contribution in [3.8, 4) is 0 Å². The van der Waals surface area contributed by atoms with E-state index < -0.39 is 5.97 Å². The second-order valence-electron chi connectivity index (χ2n) is 5.88. The first-order chi connectivity index (χ1) is 7.83. The van der Waals surface area contributed by atoms with Crippen molar-refractivity contribution in [1.82, 2.24) is 5.32 Å². The molecule has 0 aromatic carbocycles. The van der Waals surface area contributed by atoms with Gasteiger partial charge >= 0.3 is 5.97 Å². The molecule has 1 amide bonds. The Balaban J connectivity index is 2.37. The van der Waals surface area contributed by atoms with E-state index in [-0.39, 0.29) is 29.6 Å². The van der Waals surface area contributed by atoms with Gasteiger partial charge in [0, 0.05) is 18.9 Å². The fraction of sp³-hybridized carbons (Fsp3) is 0.846. The lowest BCUT2D eigenvalue weighted by Crippen LogP contribution is -2.38. The fourth-order valence-electron chi connectivity index (χ4n) is 2.58. The number of rotatable bonds is 5. The van der Waals surface area contributed by atoms with Crippen molar-refractivity contribution in [3.63, 3.8) is 0 Å². The maximum atomic E-state index is 12.0. The molecule has 2 unspecified atom stereocenters. The van der Waals surface area contributed by atoms with Crippen LogP contribution in [-0.4, -0.2) is 23.5 Å². The van der Waals surface area contributed by atoms with Gasteiger partial charge in [-0.1, -0.05) is 27.2 Å². The first kappa shape index (κ1) is 14.0. The maximum Gasteiger partial charge on any atom is 0.303 e. The Bertz CT molecular complexity index is 299. The monoisotopic (exact) mass is 241 g/mol. The number of carbonyl (C=O) groups excluding carboxylic acids is 1. The second-order valence-corrected chi connectivity index (χ2v) is 5.88. The van der Waals surface area contributed by atoms with Crippen molar-refractivity contribution in [2.45, 2.75) is 46.5 Å². The Hall–Kier alpha value is -1.06. The minimum absolute atomic E-state index is 0.0130. The van der Waals surface area contributed by atoms with Crippen molar-refractivity contribution < 1.29 is 14.7 Å². The van der Waals surface area contributed by atoms with Crippen LogP contribution in [0.3, 0.4) is 0 Å². The molecule has 17 heavy (non-hydrogen) atoms. The third-order valence-corrected chi connectivity index (χ3v) is 3.72. The fourth-order valence-corrected chi connectivity index (χ4v) is 2.58. The molecule has 0 saturated heterocycles. The zero-order valence-corrected chi connectivity index (χ0v) is 11.0. The van der Waals surface area contributed by atoms with E-state index in [1.165, 1.54) is 0 Å². The molecule has 1 aliphatic carbocycles. The van der Waals surface area contributed by atoms with Gasteiger partial charge < -0.3 is 10.4 Å². The Labute approximate surface area is 103 Å². The molecule has 0 heterocycles. The van der Waals surface area contributed by atoms with Crippen molar-refractivity contribution in [3.05, 3.63) is 0 Å². The largest absolute Gasteiger partial charge is 0.481 e. The highest BCUT2D eigenvalue weighted by Gasteiger charge is 2.39. The van der Waals surface area contributed by atoms with E-state index in [1.54, 1.807) is 0 Å². The van der Waals surface area contributed by atoms with E-state index in [2.05, 4.69) is 19.2 Å². The molecule has 98 valence electrons. The van der Waals surface area contributed by atoms with Crippen molar-refractivity contribution in [2.24, 2.45) is 17.3 Å². The third kappa shape index (κ3) is 4.02. The molecule has 4 heteroatoms. The van der Waals surface area contributed by atoms with Gasteiger partial charge in [-0.05, 0) is 24.2 Å². The number of nitrogens with one attached hydrogen (secondary N) is 1. The molecule has 1 fully saturated rings. The van der Waals surface area contributed by atoms with Gasteiger partial charge in [-0.2, -0.15) is 0 Å². The van der Waals surface area contributed by atoms with Crippen molar-refractivity contribution in [2.75, 3.05) is 6.54 Å². The van der Waals surface area contributed by atoms with E-state index in [0.29, 0.717) is 6.54 Å². The number of hydrogen-bond donors (Lipinski definition) is 2. The van der Waals surface area contributed by atoms with E-state index in [4.69, 9.17) is 5.11 Å². The van der Waals surface area contributed by atoms with Crippen molar-refractivity contribution in [1.29, 1.82) is 0 Å². The predicted octanol–water partition coefficient (Wildman–Crippen LogP) is 2.04. The summed E-state index contributed by atoms with van der Waals surface area (Å²) in [6.07, 6.45) is 3.26. The lowest BCUT2D eigenvalue weighted by atomic mass is 9.81. The van der Waals surface area contributed by atoms with E-state index in [0.717, 1.165) is 19.3 Å². The van der Waals surface area contributed by atoms with Gasteiger partial charge in [-0.3, -0.25) is 9.59 Å². The number of hydrogen-bond acceptors (Lipinski definition) is 2. The van der Waals surface area contributed by atoms with Crippen LogP contribution in [0.4, 0.5) is 0 Å². The first-order valence-electron chi connectivity index (χ1n) is 6.32. The lowest BCUT2D eigenvalue weighted by molar-refractivity contribution is -0.138. The molecular formula is C13H23NO3. The van der Waals surface area contributed by atoms with Crippen LogP contribution in [-0.2, 0) is 9.59 Å². The number of carbonyl (C=O) groups is 2. The van der Waals surface area contributed by atoms with Gasteiger partial charge in [0.25, 0.3) is 0 Å². The van der Waals surface area contributed by atoms with Crippen molar-refractivity contribution >= 4 is 11.9 Å². The summed E-state index contributed by atoms with van der Waals surface area (Å²) in [5, 5.41) is 11.5. The topological polar surface area (TPSA) is 66.4 Å². The van der Waals surface area contributed by atoms with Crippen LogP contribution >= 0.6 is 0 Å². The summed E-state index contributed by atoms with van der Waals surface area (Å²) in [5.74, 6) is -0.654.